The van der Waals surface area contributed by atoms with E-state index in [1.807, 2.05) is 47.4 Å². The van der Waals surface area contributed by atoms with Crippen LogP contribution in [0.2, 0.25) is 0 Å². The Morgan fingerprint density at radius 2 is 2.08 bits per heavy atom. The van der Waals surface area contributed by atoms with Gasteiger partial charge in [-0.15, -0.1) is 0 Å². The van der Waals surface area contributed by atoms with Crippen molar-refractivity contribution in [3.63, 3.8) is 0 Å². The molecule has 25 heavy (non-hydrogen) atoms. The van der Waals surface area contributed by atoms with E-state index in [0.717, 1.165) is 36.3 Å². The minimum atomic E-state index is -0.0332. The van der Waals surface area contributed by atoms with Gasteiger partial charge in [0.25, 0.3) is 0 Å². The molecule has 0 aliphatic carbocycles. The highest BCUT2D eigenvalue weighted by molar-refractivity contribution is 5.79. The molecule has 1 amide bonds. The lowest BCUT2D eigenvalue weighted by molar-refractivity contribution is -0.131. The molecule has 0 bridgehead atoms. The van der Waals surface area contributed by atoms with Crippen LogP contribution in [-0.2, 0) is 11.2 Å². The largest absolute Gasteiger partial charge is 0.332 e. The second-order valence-electron chi connectivity index (χ2n) is 6.19. The van der Waals surface area contributed by atoms with Crippen LogP contribution in [0.15, 0.2) is 54.9 Å². The Morgan fingerprint density at radius 1 is 1.20 bits per heavy atom. The second-order valence-corrected chi connectivity index (χ2v) is 6.19. The van der Waals surface area contributed by atoms with Crippen LogP contribution in [0.1, 0.15) is 30.3 Å². The molecule has 6 nitrogen and oxygen atoms in total. The number of H-pyrrole nitrogens is 1. The summed E-state index contributed by atoms with van der Waals surface area (Å²) in [6.07, 6.45) is 5.70. The Kier molecular flexibility index (Phi) is 4.24. The van der Waals surface area contributed by atoms with Gasteiger partial charge in [-0.2, -0.15) is 5.10 Å². The van der Waals surface area contributed by atoms with Crippen LogP contribution < -0.4 is 0 Å². The highest BCUT2D eigenvalue weighted by Crippen LogP contribution is 2.31. The van der Waals surface area contributed by atoms with Crippen molar-refractivity contribution in [1.82, 2.24) is 25.1 Å². The molecule has 1 atom stereocenters. The average Bonchev–Trinajstić information content (AvgIpc) is 3.32. The first-order valence-corrected chi connectivity index (χ1v) is 8.47. The van der Waals surface area contributed by atoms with Crippen molar-refractivity contribution in [2.24, 2.45) is 0 Å². The summed E-state index contributed by atoms with van der Waals surface area (Å²) < 4.78 is 0. The fraction of sp³-hybridized carbons (Fsp3) is 0.263. The number of pyridine rings is 1. The maximum absolute atomic E-state index is 12.7. The summed E-state index contributed by atoms with van der Waals surface area (Å²) in [5, 5.41) is 7.35. The van der Waals surface area contributed by atoms with E-state index in [1.165, 1.54) is 0 Å². The number of rotatable bonds is 4. The summed E-state index contributed by atoms with van der Waals surface area (Å²) in [6.45, 7) is 0.755. The van der Waals surface area contributed by atoms with Gasteiger partial charge in [-0.3, -0.25) is 14.9 Å². The molecule has 1 saturated heterocycles. The van der Waals surface area contributed by atoms with Gasteiger partial charge in [-0.25, -0.2) is 4.98 Å². The van der Waals surface area contributed by atoms with E-state index < -0.39 is 0 Å². The third-order valence-electron chi connectivity index (χ3n) is 4.50. The van der Waals surface area contributed by atoms with E-state index in [9.17, 15) is 4.79 Å². The van der Waals surface area contributed by atoms with Gasteiger partial charge in [0.05, 0.1) is 12.5 Å². The van der Waals surface area contributed by atoms with E-state index in [-0.39, 0.29) is 11.9 Å². The number of amides is 1. The molecular formula is C19H19N5O. The zero-order valence-electron chi connectivity index (χ0n) is 13.8. The molecule has 3 heterocycles. The highest BCUT2D eigenvalue weighted by Gasteiger charge is 2.32. The molecule has 1 fully saturated rings. The third kappa shape index (κ3) is 3.28. The average molecular weight is 333 g/mol. The molecule has 126 valence electrons. The Balaban J connectivity index is 1.52. The third-order valence-corrected chi connectivity index (χ3v) is 4.50. The molecule has 3 aromatic rings. The molecule has 0 radical (unpaired) electrons. The SMILES string of the molecule is O=C(Cc1cccnc1)N1CCCC1c1nc(-c2ccccc2)n[nH]1. The minimum absolute atomic E-state index is 0.0332. The lowest BCUT2D eigenvalue weighted by atomic mass is 10.1. The van der Waals surface area contributed by atoms with Gasteiger partial charge in [0.2, 0.25) is 5.91 Å². The molecule has 1 aliphatic rings. The molecule has 1 aliphatic heterocycles. The number of hydrogen-bond acceptors (Lipinski definition) is 4. The molecule has 1 aromatic carbocycles. The number of likely N-dealkylation sites (tertiary alicyclic amines) is 1. The van der Waals surface area contributed by atoms with Crippen LogP contribution in [0.4, 0.5) is 0 Å². The number of carbonyl (C=O) groups excluding carboxylic acids is 1. The van der Waals surface area contributed by atoms with Crippen molar-refractivity contribution in [2.75, 3.05) is 6.54 Å². The summed E-state index contributed by atoms with van der Waals surface area (Å²) in [5.74, 6) is 1.53. The molecule has 1 N–H and O–H groups in total. The molecule has 2 aromatic heterocycles. The fourth-order valence-corrected chi connectivity index (χ4v) is 3.27. The first kappa shape index (κ1) is 15.5. The second kappa shape index (κ2) is 6.84. The van der Waals surface area contributed by atoms with Gasteiger partial charge in [0, 0.05) is 24.5 Å². The van der Waals surface area contributed by atoms with Crippen LogP contribution in [-0.4, -0.2) is 37.5 Å². The van der Waals surface area contributed by atoms with Gasteiger partial charge in [0.15, 0.2) is 5.82 Å². The van der Waals surface area contributed by atoms with Gasteiger partial charge < -0.3 is 4.90 Å². The molecule has 0 spiro atoms. The molecule has 4 rings (SSSR count). The Morgan fingerprint density at radius 3 is 2.88 bits per heavy atom. The molecule has 0 saturated carbocycles. The van der Waals surface area contributed by atoms with Crippen molar-refractivity contribution in [1.29, 1.82) is 0 Å². The quantitative estimate of drug-likeness (QED) is 0.796. The highest BCUT2D eigenvalue weighted by atomic mass is 16.2. The number of aromatic amines is 1. The first-order chi connectivity index (χ1) is 12.3. The van der Waals surface area contributed by atoms with Gasteiger partial charge >= 0.3 is 0 Å². The van der Waals surface area contributed by atoms with Crippen LogP contribution in [0.25, 0.3) is 11.4 Å². The van der Waals surface area contributed by atoms with Gasteiger partial charge in [-0.05, 0) is 24.5 Å². The van der Waals surface area contributed by atoms with Crippen molar-refractivity contribution < 1.29 is 4.79 Å². The van der Waals surface area contributed by atoms with E-state index in [1.54, 1.807) is 12.4 Å². The monoisotopic (exact) mass is 333 g/mol. The van der Waals surface area contributed by atoms with E-state index in [2.05, 4.69) is 20.2 Å². The van der Waals surface area contributed by atoms with Crippen LogP contribution in [0, 0.1) is 0 Å². The van der Waals surface area contributed by atoms with Crippen molar-refractivity contribution >= 4 is 5.91 Å². The summed E-state index contributed by atoms with van der Waals surface area (Å²) in [6, 6.07) is 13.6. The number of carbonyl (C=O) groups is 1. The fourth-order valence-electron chi connectivity index (χ4n) is 3.27. The molecule has 1 unspecified atom stereocenters. The van der Waals surface area contributed by atoms with Crippen molar-refractivity contribution in [2.45, 2.75) is 25.3 Å². The Bertz CT molecular complexity index is 847. The number of benzene rings is 1. The Labute approximate surface area is 145 Å². The predicted octanol–water partition coefficient (Wildman–Crippen LogP) is 2.77. The van der Waals surface area contributed by atoms with Gasteiger partial charge in [-0.1, -0.05) is 36.4 Å². The summed E-state index contributed by atoms with van der Waals surface area (Å²) in [4.78, 5) is 23.3. The van der Waals surface area contributed by atoms with Crippen molar-refractivity contribution in [3.05, 3.63) is 66.2 Å². The lowest BCUT2D eigenvalue weighted by Crippen LogP contribution is -2.32. The predicted molar refractivity (Wildman–Crippen MR) is 93.4 cm³/mol. The van der Waals surface area contributed by atoms with Crippen molar-refractivity contribution in [3.8, 4) is 11.4 Å². The normalized spacial score (nSPS) is 17.0. The zero-order valence-corrected chi connectivity index (χ0v) is 13.8. The topological polar surface area (TPSA) is 74.8 Å². The van der Waals surface area contributed by atoms with E-state index in [4.69, 9.17) is 0 Å². The zero-order chi connectivity index (χ0) is 17.1. The van der Waals surface area contributed by atoms with E-state index in [0.29, 0.717) is 12.2 Å². The number of nitrogens with zero attached hydrogens (tertiary/aromatic N) is 4. The van der Waals surface area contributed by atoms with Gasteiger partial charge in [0.1, 0.15) is 5.82 Å². The number of nitrogens with one attached hydrogen (secondary N) is 1. The Hall–Kier alpha value is -3.02. The van der Waals surface area contributed by atoms with E-state index >= 15 is 0 Å². The first-order valence-electron chi connectivity index (χ1n) is 8.47. The van der Waals surface area contributed by atoms with Crippen LogP contribution in [0.3, 0.4) is 0 Å². The molecule has 6 heteroatoms. The number of hydrogen-bond donors (Lipinski definition) is 1. The standard InChI is InChI=1S/C19H19N5O/c25-17(12-14-6-4-10-20-13-14)24-11-5-9-16(24)19-21-18(22-23-19)15-7-2-1-3-8-15/h1-4,6-8,10,13,16H,5,9,11-12H2,(H,21,22,23). The molecular weight excluding hydrogens is 314 g/mol. The van der Waals surface area contributed by atoms with Crippen LogP contribution >= 0.6 is 0 Å². The smallest absolute Gasteiger partial charge is 0.227 e. The summed E-state index contributed by atoms with van der Waals surface area (Å²) >= 11 is 0. The number of aromatic nitrogens is 4. The lowest BCUT2D eigenvalue weighted by Gasteiger charge is -2.22. The van der Waals surface area contributed by atoms with Crippen LogP contribution in [0.5, 0.6) is 0 Å². The minimum Gasteiger partial charge on any atom is -0.332 e. The maximum Gasteiger partial charge on any atom is 0.227 e. The summed E-state index contributed by atoms with van der Waals surface area (Å²) in [5.41, 5.74) is 1.90. The maximum atomic E-state index is 12.7. The summed E-state index contributed by atoms with van der Waals surface area (Å²) in [7, 11) is 0.